The smallest absolute Gasteiger partial charge is 0.306 e. The molecule has 0 saturated carbocycles. The van der Waals surface area contributed by atoms with Crippen molar-refractivity contribution in [2.24, 2.45) is 0 Å². The number of ether oxygens (including phenoxy) is 3. The number of hydrogen-bond donors (Lipinski definition) is 0. The van der Waals surface area contributed by atoms with Crippen LogP contribution >= 0.6 is 0 Å². The Morgan fingerprint density at radius 1 is 0.259 bits per heavy atom. The highest BCUT2D eigenvalue weighted by Crippen LogP contribution is 2.17. The van der Waals surface area contributed by atoms with E-state index in [2.05, 4.69) is 106 Å². The standard InChI is InChI=1S/C75H132O6/c1-4-7-10-13-16-19-22-25-27-29-31-32-33-34-35-36-37-38-39-40-41-42-44-45-47-50-53-56-59-62-65-68-74(77)80-71-72(70-79-73(76)67-64-61-58-55-52-49-24-21-18-15-12-9-6-3)81-75(78)69-66-63-60-57-54-51-48-46-43-30-28-26-23-20-17-14-11-8-5-2/h7,10,16-17,19-21,24-28,31-32,72H,4-6,8-9,11-15,18,22-23,29-30,33-71H2,1-3H3/b10-7-,19-16-,20-17-,24-21-,27-25-,28-26-,32-31-. The van der Waals surface area contributed by atoms with Crippen molar-refractivity contribution in [2.75, 3.05) is 13.2 Å². The average molecular weight is 1130 g/mol. The first-order chi connectivity index (χ1) is 40.0. The van der Waals surface area contributed by atoms with Crippen LogP contribution in [0.1, 0.15) is 355 Å². The second-order valence-electron chi connectivity index (χ2n) is 23.4. The van der Waals surface area contributed by atoms with Crippen molar-refractivity contribution in [3.05, 3.63) is 85.1 Å². The third-order valence-corrected chi connectivity index (χ3v) is 15.4. The fourth-order valence-electron chi connectivity index (χ4n) is 10.1. The minimum absolute atomic E-state index is 0.0769. The summed E-state index contributed by atoms with van der Waals surface area (Å²) in [6.45, 7) is 6.52. The lowest BCUT2D eigenvalue weighted by Crippen LogP contribution is -2.30. The van der Waals surface area contributed by atoms with E-state index in [1.807, 2.05) is 0 Å². The molecule has 1 unspecified atom stereocenters. The zero-order valence-electron chi connectivity index (χ0n) is 53.8. The van der Waals surface area contributed by atoms with Gasteiger partial charge < -0.3 is 14.2 Å². The first-order valence-corrected chi connectivity index (χ1v) is 35.1. The molecule has 0 radical (unpaired) electrons. The zero-order valence-corrected chi connectivity index (χ0v) is 53.8. The van der Waals surface area contributed by atoms with Crippen LogP contribution in [0.4, 0.5) is 0 Å². The molecule has 0 aromatic carbocycles. The number of hydrogen-bond acceptors (Lipinski definition) is 6. The average Bonchev–Trinajstić information content (AvgIpc) is 3.46. The maximum atomic E-state index is 12.9. The second kappa shape index (κ2) is 69.1. The molecular formula is C75H132O6. The van der Waals surface area contributed by atoms with Crippen molar-refractivity contribution in [3.8, 4) is 0 Å². The van der Waals surface area contributed by atoms with Gasteiger partial charge in [-0.25, -0.2) is 0 Å². The Labute approximate surface area is 503 Å². The van der Waals surface area contributed by atoms with Crippen molar-refractivity contribution in [3.63, 3.8) is 0 Å². The van der Waals surface area contributed by atoms with E-state index in [0.717, 1.165) is 96.3 Å². The molecule has 0 amide bonds. The van der Waals surface area contributed by atoms with Gasteiger partial charge in [-0.15, -0.1) is 0 Å². The molecule has 0 N–H and O–H groups in total. The normalized spacial score (nSPS) is 12.6. The van der Waals surface area contributed by atoms with E-state index in [-0.39, 0.29) is 31.1 Å². The second-order valence-corrected chi connectivity index (χ2v) is 23.4. The van der Waals surface area contributed by atoms with E-state index in [4.69, 9.17) is 14.2 Å². The molecule has 0 saturated heterocycles. The maximum absolute atomic E-state index is 12.9. The van der Waals surface area contributed by atoms with Crippen LogP contribution in [0.3, 0.4) is 0 Å². The van der Waals surface area contributed by atoms with Crippen LogP contribution in [0.25, 0.3) is 0 Å². The minimum atomic E-state index is -0.781. The Morgan fingerprint density at radius 2 is 0.481 bits per heavy atom. The van der Waals surface area contributed by atoms with E-state index in [0.29, 0.717) is 19.3 Å². The topological polar surface area (TPSA) is 78.9 Å². The highest BCUT2D eigenvalue weighted by molar-refractivity contribution is 5.71. The van der Waals surface area contributed by atoms with Gasteiger partial charge in [-0.2, -0.15) is 0 Å². The predicted molar refractivity (Wildman–Crippen MR) is 353 cm³/mol. The van der Waals surface area contributed by atoms with Crippen LogP contribution in [0, 0.1) is 0 Å². The predicted octanol–water partition coefficient (Wildman–Crippen LogP) is 24.2. The molecule has 468 valence electrons. The van der Waals surface area contributed by atoms with E-state index in [9.17, 15) is 14.4 Å². The number of rotatable bonds is 64. The fraction of sp³-hybridized carbons (Fsp3) is 0.773. The molecule has 0 rings (SSSR count). The van der Waals surface area contributed by atoms with E-state index in [1.54, 1.807) is 0 Å². The first-order valence-electron chi connectivity index (χ1n) is 35.1. The van der Waals surface area contributed by atoms with Gasteiger partial charge in [0, 0.05) is 19.3 Å². The summed E-state index contributed by atoms with van der Waals surface area (Å²) < 4.78 is 17.0. The van der Waals surface area contributed by atoms with Crippen molar-refractivity contribution in [1.82, 2.24) is 0 Å². The van der Waals surface area contributed by atoms with Gasteiger partial charge in [0.05, 0.1) is 0 Å². The van der Waals surface area contributed by atoms with Gasteiger partial charge in [-0.3, -0.25) is 14.4 Å². The molecular weight excluding hydrogens is 997 g/mol. The summed E-state index contributed by atoms with van der Waals surface area (Å²) in [6, 6.07) is 0. The zero-order chi connectivity index (χ0) is 58.5. The largest absolute Gasteiger partial charge is 0.462 e. The van der Waals surface area contributed by atoms with Gasteiger partial charge in [-0.05, 0) is 116 Å². The van der Waals surface area contributed by atoms with Gasteiger partial charge in [0.1, 0.15) is 13.2 Å². The Kier molecular flexibility index (Phi) is 66.2. The van der Waals surface area contributed by atoms with E-state index in [1.165, 1.54) is 218 Å². The number of carbonyl (C=O) groups excluding carboxylic acids is 3. The molecule has 0 aromatic rings. The third kappa shape index (κ3) is 67.3. The Bertz CT molecular complexity index is 1530. The summed E-state index contributed by atoms with van der Waals surface area (Å²) in [6.07, 6.45) is 91.8. The summed E-state index contributed by atoms with van der Waals surface area (Å²) in [5.74, 6) is -0.872. The van der Waals surface area contributed by atoms with E-state index < -0.39 is 6.10 Å². The van der Waals surface area contributed by atoms with Crippen molar-refractivity contribution in [1.29, 1.82) is 0 Å². The molecule has 6 nitrogen and oxygen atoms in total. The molecule has 0 aromatic heterocycles. The lowest BCUT2D eigenvalue weighted by molar-refractivity contribution is -0.167. The van der Waals surface area contributed by atoms with Crippen LogP contribution in [0.5, 0.6) is 0 Å². The van der Waals surface area contributed by atoms with Crippen LogP contribution in [-0.2, 0) is 28.6 Å². The summed E-state index contributed by atoms with van der Waals surface area (Å²) in [7, 11) is 0. The molecule has 6 heteroatoms. The monoisotopic (exact) mass is 1130 g/mol. The highest BCUT2D eigenvalue weighted by atomic mass is 16.6. The number of carbonyl (C=O) groups is 3. The molecule has 0 aliphatic carbocycles. The van der Waals surface area contributed by atoms with E-state index >= 15 is 0 Å². The van der Waals surface area contributed by atoms with Crippen LogP contribution < -0.4 is 0 Å². The number of esters is 3. The SMILES string of the molecule is CC/C=C\C/C=C\C/C=C\C/C=C\CCCCCCCCCCCCCCCCCCCCC(=O)OCC(COC(=O)CCCCCCC/C=C\CCCCCC)OC(=O)CCCCCCCCCCC/C=C\C/C=C\CCCCC. The van der Waals surface area contributed by atoms with Crippen LogP contribution in [0.2, 0.25) is 0 Å². The van der Waals surface area contributed by atoms with Gasteiger partial charge >= 0.3 is 17.9 Å². The summed E-state index contributed by atoms with van der Waals surface area (Å²) in [5, 5.41) is 0. The lowest BCUT2D eigenvalue weighted by atomic mass is 10.0. The summed E-state index contributed by atoms with van der Waals surface area (Å²) in [5.41, 5.74) is 0. The first kappa shape index (κ1) is 77.6. The molecule has 0 aliphatic heterocycles. The molecule has 81 heavy (non-hydrogen) atoms. The van der Waals surface area contributed by atoms with Crippen LogP contribution in [0.15, 0.2) is 85.1 Å². The lowest BCUT2D eigenvalue weighted by Gasteiger charge is -2.18. The van der Waals surface area contributed by atoms with Crippen molar-refractivity contribution in [2.45, 2.75) is 361 Å². The summed E-state index contributed by atoms with van der Waals surface area (Å²) >= 11 is 0. The van der Waals surface area contributed by atoms with Crippen LogP contribution in [-0.4, -0.2) is 37.2 Å². The molecule has 0 fully saturated rings. The van der Waals surface area contributed by atoms with Gasteiger partial charge in [0.2, 0.25) is 0 Å². The molecule has 0 heterocycles. The number of unbranched alkanes of at least 4 members (excludes halogenated alkanes) is 39. The molecule has 1 atom stereocenters. The molecule has 0 spiro atoms. The fourth-order valence-corrected chi connectivity index (χ4v) is 10.1. The molecule has 0 bridgehead atoms. The number of allylic oxidation sites excluding steroid dienone is 14. The minimum Gasteiger partial charge on any atom is -0.462 e. The van der Waals surface area contributed by atoms with Gasteiger partial charge in [0.25, 0.3) is 0 Å². The Balaban J connectivity index is 4.20. The highest BCUT2D eigenvalue weighted by Gasteiger charge is 2.19. The quantitative estimate of drug-likeness (QED) is 0.0261. The molecule has 0 aliphatic rings. The maximum Gasteiger partial charge on any atom is 0.306 e. The Morgan fingerprint density at radius 3 is 0.790 bits per heavy atom. The Hall–Kier alpha value is -3.41. The van der Waals surface area contributed by atoms with Gasteiger partial charge in [-0.1, -0.05) is 305 Å². The van der Waals surface area contributed by atoms with Crippen molar-refractivity contribution < 1.29 is 28.6 Å². The third-order valence-electron chi connectivity index (χ3n) is 15.4. The van der Waals surface area contributed by atoms with Crippen molar-refractivity contribution >= 4 is 17.9 Å². The van der Waals surface area contributed by atoms with Gasteiger partial charge in [0.15, 0.2) is 6.10 Å². The summed E-state index contributed by atoms with van der Waals surface area (Å²) in [4.78, 5) is 38.4.